The second kappa shape index (κ2) is 5.50. The van der Waals surface area contributed by atoms with Crippen molar-refractivity contribution in [1.29, 1.82) is 0 Å². The zero-order chi connectivity index (χ0) is 14.2. The predicted octanol–water partition coefficient (Wildman–Crippen LogP) is 3.31. The quantitative estimate of drug-likeness (QED) is 0.864. The summed E-state index contributed by atoms with van der Waals surface area (Å²) < 4.78 is 0. The zero-order valence-corrected chi connectivity index (χ0v) is 12.5. The molecule has 3 N–H and O–H groups in total. The Morgan fingerprint density at radius 3 is 2.60 bits per heavy atom. The molecular weight excluding hydrogens is 246 g/mol. The van der Waals surface area contributed by atoms with Crippen LogP contribution in [0.3, 0.4) is 0 Å². The average molecular weight is 273 g/mol. The smallest absolute Gasteiger partial charge is 0.0617 e. The van der Waals surface area contributed by atoms with Gasteiger partial charge in [0, 0.05) is 12.0 Å². The first-order valence-electron chi connectivity index (χ1n) is 8.09. The van der Waals surface area contributed by atoms with Gasteiger partial charge >= 0.3 is 0 Å². The van der Waals surface area contributed by atoms with Crippen molar-refractivity contribution in [2.45, 2.75) is 51.0 Å². The van der Waals surface area contributed by atoms with E-state index in [2.05, 4.69) is 31.2 Å². The molecule has 20 heavy (non-hydrogen) atoms. The van der Waals surface area contributed by atoms with E-state index in [0.29, 0.717) is 18.4 Å². The number of hydrogen-bond donors (Lipinski definition) is 2. The normalized spacial score (nSPS) is 35.1. The zero-order valence-electron chi connectivity index (χ0n) is 12.5. The van der Waals surface area contributed by atoms with Crippen LogP contribution < -0.4 is 5.73 Å². The van der Waals surface area contributed by atoms with Gasteiger partial charge in [0.1, 0.15) is 0 Å². The van der Waals surface area contributed by atoms with Gasteiger partial charge in [0.2, 0.25) is 0 Å². The van der Waals surface area contributed by atoms with Crippen LogP contribution in [-0.4, -0.2) is 17.8 Å². The summed E-state index contributed by atoms with van der Waals surface area (Å²) in [6, 6.07) is 10.5. The fraction of sp³-hybridized carbons (Fsp3) is 0.667. The summed E-state index contributed by atoms with van der Waals surface area (Å²) in [6.07, 6.45) is 5.67. The van der Waals surface area contributed by atoms with E-state index in [9.17, 15) is 5.11 Å². The van der Waals surface area contributed by atoms with Crippen LogP contribution in [0.2, 0.25) is 0 Å². The molecule has 1 aromatic carbocycles. The molecule has 0 spiro atoms. The molecule has 0 heterocycles. The van der Waals surface area contributed by atoms with Gasteiger partial charge in [0.05, 0.1) is 6.10 Å². The highest BCUT2D eigenvalue weighted by Gasteiger charge is 2.53. The Bertz CT molecular complexity index is 446. The molecule has 5 atom stereocenters. The molecule has 0 radical (unpaired) electrons. The van der Waals surface area contributed by atoms with Crippen LogP contribution in [0, 0.1) is 17.3 Å². The molecule has 5 unspecified atom stereocenters. The van der Waals surface area contributed by atoms with E-state index in [1.165, 1.54) is 24.8 Å². The van der Waals surface area contributed by atoms with Crippen molar-refractivity contribution in [3.05, 3.63) is 35.9 Å². The molecule has 110 valence electrons. The summed E-state index contributed by atoms with van der Waals surface area (Å²) in [6.45, 7) is 2.87. The molecule has 2 saturated carbocycles. The highest BCUT2D eigenvalue weighted by atomic mass is 16.3. The van der Waals surface area contributed by atoms with Gasteiger partial charge in [-0.05, 0) is 49.0 Å². The van der Waals surface area contributed by atoms with Crippen molar-refractivity contribution < 1.29 is 5.11 Å². The molecule has 0 aromatic heterocycles. The fourth-order valence-corrected chi connectivity index (χ4v) is 4.77. The minimum Gasteiger partial charge on any atom is -0.392 e. The van der Waals surface area contributed by atoms with E-state index >= 15 is 0 Å². The Kier molecular flexibility index (Phi) is 3.87. The van der Waals surface area contributed by atoms with E-state index in [4.69, 9.17) is 5.73 Å². The monoisotopic (exact) mass is 273 g/mol. The molecule has 3 rings (SSSR count). The van der Waals surface area contributed by atoms with E-state index in [-0.39, 0.29) is 11.5 Å². The van der Waals surface area contributed by atoms with Crippen molar-refractivity contribution >= 4 is 0 Å². The van der Waals surface area contributed by atoms with E-state index < -0.39 is 0 Å². The van der Waals surface area contributed by atoms with Crippen molar-refractivity contribution in [1.82, 2.24) is 0 Å². The second-order valence-electron chi connectivity index (χ2n) is 7.08. The second-order valence-corrected chi connectivity index (χ2v) is 7.08. The predicted molar refractivity (Wildman–Crippen MR) is 82.4 cm³/mol. The standard InChI is InChI=1S/C18H27NO/c1-13(15-5-3-2-4-6-15)9-17(20)18(12-19)11-14-7-8-16(18)10-14/h2-6,13-14,16-17,20H,7-12,19H2,1H3. The Morgan fingerprint density at radius 1 is 1.30 bits per heavy atom. The van der Waals surface area contributed by atoms with Gasteiger partial charge in [-0.3, -0.25) is 0 Å². The summed E-state index contributed by atoms with van der Waals surface area (Å²) >= 11 is 0. The maximum absolute atomic E-state index is 10.9. The summed E-state index contributed by atoms with van der Waals surface area (Å²) in [5.41, 5.74) is 7.44. The highest BCUT2D eigenvalue weighted by molar-refractivity contribution is 5.19. The Hall–Kier alpha value is -0.860. The third-order valence-electron chi connectivity index (χ3n) is 6.01. The molecule has 2 nitrogen and oxygen atoms in total. The van der Waals surface area contributed by atoms with Crippen molar-refractivity contribution in [2.75, 3.05) is 6.54 Å². The van der Waals surface area contributed by atoms with Crippen LogP contribution >= 0.6 is 0 Å². The minimum atomic E-state index is -0.252. The molecule has 2 fully saturated rings. The fourth-order valence-electron chi connectivity index (χ4n) is 4.77. The number of benzene rings is 1. The van der Waals surface area contributed by atoms with Gasteiger partial charge in [-0.15, -0.1) is 0 Å². The molecule has 2 aliphatic rings. The first-order chi connectivity index (χ1) is 9.65. The van der Waals surface area contributed by atoms with Gasteiger partial charge in [0.25, 0.3) is 0 Å². The lowest BCUT2D eigenvalue weighted by Gasteiger charge is -2.41. The summed E-state index contributed by atoms with van der Waals surface area (Å²) in [7, 11) is 0. The van der Waals surface area contributed by atoms with E-state index in [1.54, 1.807) is 0 Å². The number of aliphatic hydroxyl groups is 1. The third kappa shape index (κ3) is 2.29. The van der Waals surface area contributed by atoms with Crippen LogP contribution in [0.4, 0.5) is 0 Å². The van der Waals surface area contributed by atoms with E-state index in [0.717, 1.165) is 18.8 Å². The average Bonchev–Trinajstić information content (AvgIpc) is 3.09. The lowest BCUT2D eigenvalue weighted by atomic mass is 9.67. The van der Waals surface area contributed by atoms with Gasteiger partial charge in [-0.25, -0.2) is 0 Å². The SMILES string of the molecule is CC(CC(O)C1(CN)CC2CCC1C2)c1ccccc1. The van der Waals surface area contributed by atoms with Gasteiger partial charge < -0.3 is 10.8 Å². The first kappa shape index (κ1) is 14.1. The number of fused-ring (bicyclic) bond motifs is 2. The van der Waals surface area contributed by atoms with Gasteiger partial charge in [-0.1, -0.05) is 43.7 Å². The largest absolute Gasteiger partial charge is 0.392 e. The molecule has 0 amide bonds. The van der Waals surface area contributed by atoms with Crippen molar-refractivity contribution in [2.24, 2.45) is 23.0 Å². The van der Waals surface area contributed by atoms with Crippen LogP contribution in [0.1, 0.15) is 50.5 Å². The van der Waals surface area contributed by atoms with Crippen LogP contribution in [0.15, 0.2) is 30.3 Å². The maximum atomic E-state index is 10.9. The number of hydrogen-bond acceptors (Lipinski definition) is 2. The highest BCUT2D eigenvalue weighted by Crippen LogP contribution is 2.58. The van der Waals surface area contributed by atoms with Gasteiger partial charge in [0.15, 0.2) is 0 Å². The molecular formula is C18H27NO. The van der Waals surface area contributed by atoms with Crippen molar-refractivity contribution in [3.63, 3.8) is 0 Å². The molecule has 0 aliphatic heterocycles. The topological polar surface area (TPSA) is 46.2 Å². The molecule has 2 heteroatoms. The van der Waals surface area contributed by atoms with E-state index in [1.807, 2.05) is 6.07 Å². The van der Waals surface area contributed by atoms with Crippen LogP contribution in [0.25, 0.3) is 0 Å². The van der Waals surface area contributed by atoms with Crippen LogP contribution in [-0.2, 0) is 0 Å². The summed E-state index contributed by atoms with van der Waals surface area (Å²) in [4.78, 5) is 0. The Labute approximate surface area is 122 Å². The lowest BCUT2D eigenvalue weighted by molar-refractivity contribution is -0.0192. The number of nitrogens with two attached hydrogens (primary N) is 1. The first-order valence-corrected chi connectivity index (χ1v) is 8.09. The Morgan fingerprint density at radius 2 is 2.05 bits per heavy atom. The van der Waals surface area contributed by atoms with Crippen LogP contribution in [0.5, 0.6) is 0 Å². The van der Waals surface area contributed by atoms with Crippen molar-refractivity contribution in [3.8, 4) is 0 Å². The third-order valence-corrected chi connectivity index (χ3v) is 6.01. The lowest BCUT2D eigenvalue weighted by Crippen LogP contribution is -2.46. The minimum absolute atomic E-state index is 0.00591. The molecule has 2 aliphatic carbocycles. The Balaban J connectivity index is 1.71. The maximum Gasteiger partial charge on any atom is 0.0617 e. The molecule has 1 aromatic rings. The number of aliphatic hydroxyl groups excluding tert-OH is 1. The molecule has 0 saturated heterocycles. The summed E-state index contributed by atoms with van der Waals surface area (Å²) in [5, 5.41) is 10.9. The molecule has 2 bridgehead atoms. The van der Waals surface area contributed by atoms with Gasteiger partial charge in [-0.2, -0.15) is 0 Å². The number of rotatable bonds is 5. The summed E-state index contributed by atoms with van der Waals surface area (Å²) in [5.74, 6) is 1.88.